The zero-order valence-corrected chi connectivity index (χ0v) is 14.0. The zero-order chi connectivity index (χ0) is 16.5. The molecule has 2 bridgehead atoms. The Morgan fingerprint density at radius 3 is 2.88 bits per heavy atom. The van der Waals surface area contributed by atoms with E-state index in [0.717, 1.165) is 36.9 Å². The molecule has 3 aliphatic rings. The maximum atomic E-state index is 12.2. The van der Waals surface area contributed by atoms with Crippen LogP contribution in [0.25, 0.3) is 0 Å². The summed E-state index contributed by atoms with van der Waals surface area (Å²) in [7, 11) is 0. The lowest BCUT2D eigenvalue weighted by molar-refractivity contribution is -0.122. The Morgan fingerprint density at radius 1 is 1.21 bits per heavy atom. The van der Waals surface area contributed by atoms with E-state index >= 15 is 0 Å². The molecule has 1 N–H and O–H groups in total. The maximum absolute atomic E-state index is 12.2. The molecular weight excluding hydrogens is 302 g/mol. The number of hydrogen-bond acceptors (Lipinski definition) is 3. The van der Waals surface area contributed by atoms with Crippen LogP contribution in [0.1, 0.15) is 43.4 Å². The van der Waals surface area contributed by atoms with Crippen LogP contribution in [0.4, 0.5) is 0 Å². The summed E-state index contributed by atoms with van der Waals surface area (Å²) in [5.74, 6) is 1.79. The first kappa shape index (κ1) is 15.6. The van der Waals surface area contributed by atoms with E-state index in [1.807, 2.05) is 0 Å². The quantitative estimate of drug-likeness (QED) is 0.678. The average molecular weight is 327 g/mol. The molecule has 0 saturated heterocycles. The highest BCUT2D eigenvalue weighted by atomic mass is 16.2. The number of rotatable bonds is 4. The Kier molecular flexibility index (Phi) is 4.25. The van der Waals surface area contributed by atoms with Crippen molar-refractivity contribution in [2.45, 2.75) is 51.5 Å². The van der Waals surface area contributed by atoms with Gasteiger partial charge in [-0.1, -0.05) is 18.6 Å². The lowest BCUT2D eigenvalue weighted by Crippen LogP contribution is -2.37. The number of amides is 1. The number of nitrogens with one attached hydrogen (secondary N) is 1. The Hall–Kier alpha value is -1.91. The van der Waals surface area contributed by atoms with Crippen molar-refractivity contribution in [3.63, 3.8) is 0 Å². The zero-order valence-electron chi connectivity index (χ0n) is 14.0. The summed E-state index contributed by atoms with van der Waals surface area (Å²) >= 11 is 0. The van der Waals surface area contributed by atoms with E-state index in [0.29, 0.717) is 24.3 Å². The van der Waals surface area contributed by atoms with E-state index in [2.05, 4.69) is 22.6 Å². The molecule has 1 aromatic heterocycles. The fraction of sp³-hybridized carbons (Fsp3) is 0.632. The van der Waals surface area contributed by atoms with Crippen LogP contribution < -0.4 is 10.9 Å². The number of carbonyl (C=O) groups is 1. The number of nitrogens with zero attached hydrogens (tertiary/aromatic N) is 2. The molecule has 0 unspecified atom stereocenters. The fourth-order valence-electron chi connectivity index (χ4n) is 4.46. The van der Waals surface area contributed by atoms with E-state index in [4.69, 9.17) is 0 Å². The highest BCUT2D eigenvalue weighted by Gasteiger charge is 2.35. The molecule has 1 fully saturated rings. The molecule has 3 aliphatic carbocycles. The molecule has 0 radical (unpaired) electrons. The third-order valence-corrected chi connectivity index (χ3v) is 5.80. The second-order valence-electron chi connectivity index (χ2n) is 7.52. The largest absolute Gasteiger partial charge is 0.354 e. The molecule has 24 heavy (non-hydrogen) atoms. The molecule has 5 heteroatoms. The van der Waals surface area contributed by atoms with Crippen LogP contribution in [0, 0.1) is 17.8 Å². The van der Waals surface area contributed by atoms with E-state index in [-0.39, 0.29) is 18.0 Å². The Morgan fingerprint density at radius 2 is 2.08 bits per heavy atom. The summed E-state index contributed by atoms with van der Waals surface area (Å²) < 4.78 is 1.33. The molecular formula is C19H25N3O2. The van der Waals surface area contributed by atoms with E-state index in [1.165, 1.54) is 23.9 Å². The third kappa shape index (κ3) is 3.17. The third-order valence-electron chi connectivity index (χ3n) is 5.80. The van der Waals surface area contributed by atoms with Crippen molar-refractivity contribution in [3.05, 3.63) is 39.8 Å². The van der Waals surface area contributed by atoms with Gasteiger partial charge in [-0.05, 0) is 61.8 Å². The average Bonchev–Trinajstić information content (AvgIpc) is 3.12. The number of aryl methyl sites for hydroxylation is 2. The van der Waals surface area contributed by atoms with Crippen LogP contribution in [0.15, 0.2) is 23.0 Å². The van der Waals surface area contributed by atoms with Gasteiger partial charge in [0.05, 0.1) is 5.69 Å². The van der Waals surface area contributed by atoms with Gasteiger partial charge in [0.2, 0.25) is 5.91 Å². The van der Waals surface area contributed by atoms with Crippen LogP contribution in [0.2, 0.25) is 0 Å². The number of aromatic nitrogens is 2. The van der Waals surface area contributed by atoms with Gasteiger partial charge in [-0.3, -0.25) is 9.59 Å². The van der Waals surface area contributed by atoms with Gasteiger partial charge in [0.25, 0.3) is 5.56 Å². The molecule has 1 heterocycles. The van der Waals surface area contributed by atoms with Crippen molar-refractivity contribution in [1.82, 2.24) is 15.1 Å². The van der Waals surface area contributed by atoms with E-state index in [1.54, 1.807) is 6.07 Å². The predicted octanol–water partition coefficient (Wildman–Crippen LogP) is 1.84. The molecule has 128 valence electrons. The van der Waals surface area contributed by atoms with E-state index < -0.39 is 0 Å². The normalized spacial score (nSPS) is 27.8. The van der Waals surface area contributed by atoms with Crippen LogP contribution in [0.5, 0.6) is 0 Å². The summed E-state index contributed by atoms with van der Waals surface area (Å²) in [6.45, 7) is 0.743. The maximum Gasteiger partial charge on any atom is 0.267 e. The molecule has 3 atom stereocenters. The summed E-state index contributed by atoms with van der Waals surface area (Å²) in [5.41, 5.74) is 1.91. The lowest BCUT2D eigenvalue weighted by Gasteiger charge is -2.18. The Bertz CT molecular complexity index is 722. The molecule has 0 spiro atoms. The van der Waals surface area contributed by atoms with Crippen LogP contribution in [0.3, 0.4) is 0 Å². The highest BCUT2D eigenvalue weighted by Crippen LogP contribution is 2.42. The molecule has 1 amide bonds. The van der Waals surface area contributed by atoms with Gasteiger partial charge in [-0.2, -0.15) is 5.10 Å². The van der Waals surface area contributed by atoms with Crippen molar-refractivity contribution in [2.24, 2.45) is 17.8 Å². The first-order valence-corrected chi connectivity index (χ1v) is 9.24. The SMILES string of the molecule is O=C(Cn1nc2c(cc1=O)CCCCC2)NC[C@@H]1C[C@@H]2C=C[C@H]1C2. The first-order valence-electron chi connectivity index (χ1n) is 9.24. The molecule has 1 saturated carbocycles. The van der Waals surface area contributed by atoms with Crippen molar-refractivity contribution in [2.75, 3.05) is 6.54 Å². The van der Waals surface area contributed by atoms with Gasteiger partial charge in [0.15, 0.2) is 0 Å². The summed E-state index contributed by atoms with van der Waals surface area (Å²) in [5, 5.41) is 7.47. The van der Waals surface area contributed by atoms with Crippen molar-refractivity contribution < 1.29 is 4.79 Å². The fourth-order valence-corrected chi connectivity index (χ4v) is 4.46. The van der Waals surface area contributed by atoms with Crippen LogP contribution >= 0.6 is 0 Å². The minimum absolute atomic E-state index is 0.0305. The molecule has 0 aliphatic heterocycles. The van der Waals surface area contributed by atoms with E-state index in [9.17, 15) is 9.59 Å². The highest BCUT2D eigenvalue weighted by molar-refractivity contribution is 5.75. The predicted molar refractivity (Wildman–Crippen MR) is 91.6 cm³/mol. The molecule has 1 aromatic rings. The van der Waals surface area contributed by atoms with Crippen molar-refractivity contribution in [3.8, 4) is 0 Å². The standard InChI is InChI=1S/C19H25N3O2/c23-18(20-11-16-9-13-6-7-14(16)8-13)12-22-19(24)10-15-4-2-1-3-5-17(15)21-22/h6-7,10,13-14,16H,1-5,8-9,11-12H2,(H,20,23)/t13-,14+,16+/m1/s1. The lowest BCUT2D eigenvalue weighted by atomic mass is 9.94. The van der Waals surface area contributed by atoms with Gasteiger partial charge < -0.3 is 5.32 Å². The molecule has 4 rings (SSSR count). The number of allylic oxidation sites excluding steroid dienone is 2. The second-order valence-corrected chi connectivity index (χ2v) is 7.52. The number of carbonyl (C=O) groups excluding carboxylic acids is 1. The van der Waals surface area contributed by atoms with Gasteiger partial charge in [0.1, 0.15) is 6.54 Å². The second kappa shape index (κ2) is 6.54. The number of hydrogen-bond donors (Lipinski definition) is 1. The minimum Gasteiger partial charge on any atom is -0.354 e. The molecule has 0 aromatic carbocycles. The summed E-state index contributed by atoms with van der Waals surface area (Å²) in [4.78, 5) is 24.4. The monoisotopic (exact) mass is 327 g/mol. The van der Waals surface area contributed by atoms with Gasteiger partial charge in [0, 0.05) is 12.6 Å². The summed E-state index contributed by atoms with van der Waals surface area (Å²) in [6.07, 6.45) is 12.3. The van der Waals surface area contributed by atoms with Gasteiger partial charge in [-0.25, -0.2) is 4.68 Å². The Labute approximate surface area is 142 Å². The minimum atomic E-state index is -0.159. The van der Waals surface area contributed by atoms with Crippen molar-refractivity contribution >= 4 is 5.91 Å². The topological polar surface area (TPSA) is 64.0 Å². The van der Waals surface area contributed by atoms with Crippen molar-refractivity contribution in [1.29, 1.82) is 0 Å². The van der Waals surface area contributed by atoms with Gasteiger partial charge in [-0.15, -0.1) is 0 Å². The first-order chi connectivity index (χ1) is 11.7. The van der Waals surface area contributed by atoms with Crippen LogP contribution in [-0.4, -0.2) is 22.2 Å². The molecule has 5 nitrogen and oxygen atoms in total. The summed E-state index contributed by atoms with van der Waals surface area (Å²) in [6, 6.07) is 1.68. The van der Waals surface area contributed by atoms with Crippen LogP contribution in [-0.2, 0) is 24.2 Å². The van der Waals surface area contributed by atoms with Gasteiger partial charge >= 0.3 is 0 Å². The Balaban J connectivity index is 1.38. The smallest absolute Gasteiger partial charge is 0.267 e. The number of fused-ring (bicyclic) bond motifs is 3.